The van der Waals surface area contributed by atoms with Gasteiger partial charge in [-0.2, -0.15) is 5.26 Å². The third-order valence-corrected chi connectivity index (χ3v) is 2.99. The highest BCUT2D eigenvalue weighted by molar-refractivity contribution is 6.14. The highest BCUT2D eigenvalue weighted by Crippen LogP contribution is 2.25. The summed E-state index contributed by atoms with van der Waals surface area (Å²) in [4.78, 5) is 24.1. The van der Waals surface area contributed by atoms with Gasteiger partial charge in [0.15, 0.2) is 18.2 Å². The van der Waals surface area contributed by atoms with Crippen molar-refractivity contribution in [3.8, 4) is 17.6 Å². The Morgan fingerprint density at radius 2 is 1.82 bits per heavy atom. The fourth-order valence-corrected chi connectivity index (χ4v) is 1.92. The van der Waals surface area contributed by atoms with Crippen molar-refractivity contribution >= 4 is 11.6 Å². The molecular weight excluding hydrogens is 282 g/mol. The molecule has 0 aliphatic heterocycles. The van der Waals surface area contributed by atoms with Crippen LogP contribution in [-0.4, -0.2) is 23.3 Å². The smallest absolute Gasteiger partial charge is 0.174 e. The summed E-state index contributed by atoms with van der Waals surface area (Å²) in [7, 11) is 0. The van der Waals surface area contributed by atoms with Crippen molar-refractivity contribution in [1.82, 2.24) is 0 Å². The summed E-state index contributed by atoms with van der Waals surface area (Å²) in [5, 5.41) is 18.3. The highest BCUT2D eigenvalue weighted by Gasteiger charge is 2.17. The molecule has 110 valence electrons. The number of carbonyl (C=O) groups is 2. The molecule has 0 saturated carbocycles. The van der Waals surface area contributed by atoms with Crippen LogP contribution in [0.3, 0.4) is 0 Å². The highest BCUT2D eigenvalue weighted by atomic mass is 16.5. The van der Waals surface area contributed by atoms with Gasteiger partial charge in [0.1, 0.15) is 17.6 Å². The Labute approximate surface area is 127 Å². The van der Waals surface area contributed by atoms with Crippen molar-refractivity contribution in [2.75, 3.05) is 6.61 Å². The summed E-state index contributed by atoms with van der Waals surface area (Å²) in [6.45, 7) is -0.154. The Balaban J connectivity index is 2.10. The van der Waals surface area contributed by atoms with Crippen molar-refractivity contribution < 1.29 is 19.4 Å². The maximum Gasteiger partial charge on any atom is 0.174 e. The summed E-state index contributed by atoms with van der Waals surface area (Å²) in [5.41, 5.74) is 0.498. The van der Waals surface area contributed by atoms with Crippen molar-refractivity contribution in [2.24, 2.45) is 0 Å². The summed E-state index contributed by atoms with van der Waals surface area (Å²) in [6.07, 6.45) is -0.323. The molecule has 22 heavy (non-hydrogen) atoms. The molecule has 0 spiro atoms. The lowest BCUT2D eigenvalue weighted by Crippen LogP contribution is -2.09. The van der Waals surface area contributed by atoms with E-state index in [0.29, 0.717) is 5.56 Å². The van der Waals surface area contributed by atoms with Gasteiger partial charge in [0, 0.05) is 11.6 Å². The zero-order valence-corrected chi connectivity index (χ0v) is 11.7. The van der Waals surface area contributed by atoms with Gasteiger partial charge in [-0.05, 0) is 12.1 Å². The van der Waals surface area contributed by atoms with E-state index in [4.69, 9.17) is 10.00 Å². The number of ketones is 2. The van der Waals surface area contributed by atoms with Crippen molar-refractivity contribution in [3.63, 3.8) is 0 Å². The molecule has 0 atom stereocenters. The molecule has 0 saturated heterocycles. The van der Waals surface area contributed by atoms with E-state index in [-0.39, 0.29) is 35.9 Å². The average molecular weight is 295 g/mol. The second kappa shape index (κ2) is 7.04. The number of carbonyl (C=O) groups excluding carboxylic acids is 2. The van der Waals surface area contributed by atoms with E-state index in [0.717, 1.165) is 0 Å². The van der Waals surface area contributed by atoms with Gasteiger partial charge in [0.25, 0.3) is 0 Å². The zero-order chi connectivity index (χ0) is 15.9. The molecule has 0 aromatic heterocycles. The number of phenols is 1. The third kappa shape index (κ3) is 3.70. The van der Waals surface area contributed by atoms with Gasteiger partial charge < -0.3 is 9.84 Å². The maximum absolute atomic E-state index is 12.1. The Morgan fingerprint density at radius 3 is 2.45 bits per heavy atom. The molecule has 0 heterocycles. The fourth-order valence-electron chi connectivity index (χ4n) is 1.92. The van der Waals surface area contributed by atoms with Gasteiger partial charge in [-0.25, -0.2) is 0 Å². The molecule has 0 fully saturated rings. The molecule has 0 aliphatic carbocycles. The van der Waals surface area contributed by atoms with Crippen LogP contribution in [0.25, 0.3) is 0 Å². The molecule has 1 N–H and O–H groups in total. The number of ether oxygens (including phenoxy) is 1. The number of benzene rings is 2. The summed E-state index contributed by atoms with van der Waals surface area (Å²) >= 11 is 0. The predicted octanol–water partition coefficient (Wildman–Crippen LogP) is 2.75. The second-order valence-electron chi connectivity index (χ2n) is 4.51. The van der Waals surface area contributed by atoms with E-state index in [2.05, 4.69) is 0 Å². The summed E-state index contributed by atoms with van der Waals surface area (Å²) in [6, 6.07) is 14.4. The van der Waals surface area contributed by atoms with Crippen molar-refractivity contribution in [3.05, 3.63) is 59.7 Å². The van der Waals surface area contributed by atoms with Crippen molar-refractivity contribution in [1.29, 1.82) is 5.26 Å². The van der Waals surface area contributed by atoms with E-state index >= 15 is 0 Å². The minimum Gasteiger partial charge on any atom is -0.507 e. The van der Waals surface area contributed by atoms with Gasteiger partial charge in [-0.1, -0.05) is 30.3 Å². The molecule has 0 radical (unpaired) electrons. The fraction of sp³-hybridized carbons (Fsp3) is 0.118. The van der Waals surface area contributed by atoms with E-state index in [1.165, 1.54) is 18.2 Å². The van der Waals surface area contributed by atoms with Crippen LogP contribution in [0.5, 0.6) is 11.5 Å². The number of nitrogens with zero attached hydrogens (tertiary/aromatic N) is 1. The van der Waals surface area contributed by atoms with Crippen LogP contribution >= 0.6 is 0 Å². The van der Waals surface area contributed by atoms with Crippen LogP contribution in [0.15, 0.2) is 48.5 Å². The van der Waals surface area contributed by atoms with Crippen LogP contribution in [-0.2, 0) is 0 Å². The first kappa shape index (κ1) is 15.3. The van der Waals surface area contributed by atoms with Crippen LogP contribution in [0.1, 0.15) is 27.1 Å². The first-order chi connectivity index (χ1) is 10.6. The SMILES string of the molecule is N#CCOc1ccc(C(=O)CC(=O)c2ccccc2)c(O)c1. The first-order valence-electron chi connectivity index (χ1n) is 6.56. The Hall–Kier alpha value is -3.13. The molecule has 2 rings (SSSR count). The van der Waals surface area contributed by atoms with E-state index < -0.39 is 5.78 Å². The topological polar surface area (TPSA) is 87.4 Å². The van der Waals surface area contributed by atoms with E-state index in [1.807, 2.05) is 0 Å². The Bertz CT molecular complexity index is 732. The van der Waals surface area contributed by atoms with Crippen molar-refractivity contribution in [2.45, 2.75) is 6.42 Å². The number of hydrogen-bond acceptors (Lipinski definition) is 5. The zero-order valence-electron chi connectivity index (χ0n) is 11.7. The standard InChI is InChI=1S/C17H13NO4/c18-8-9-22-13-6-7-14(16(20)10-13)17(21)11-15(19)12-4-2-1-3-5-12/h1-7,10,20H,9,11H2. The number of phenolic OH excluding ortho intramolecular Hbond substituents is 1. The first-order valence-corrected chi connectivity index (χ1v) is 6.56. The molecule has 2 aromatic carbocycles. The monoisotopic (exact) mass is 295 g/mol. The van der Waals surface area contributed by atoms with E-state index in [9.17, 15) is 14.7 Å². The second-order valence-corrected chi connectivity index (χ2v) is 4.51. The summed E-state index contributed by atoms with van der Waals surface area (Å²) in [5.74, 6) is -0.778. The Kier molecular flexibility index (Phi) is 4.89. The number of Topliss-reactive ketones (excluding diaryl/α,β-unsaturated/α-hetero) is 2. The van der Waals surface area contributed by atoms with E-state index in [1.54, 1.807) is 36.4 Å². The maximum atomic E-state index is 12.1. The molecule has 5 heteroatoms. The van der Waals surface area contributed by atoms with Crippen LogP contribution < -0.4 is 4.74 Å². The van der Waals surface area contributed by atoms with Gasteiger partial charge in [-0.3, -0.25) is 9.59 Å². The molecule has 0 unspecified atom stereocenters. The van der Waals surface area contributed by atoms with Gasteiger partial charge in [0.2, 0.25) is 0 Å². The number of nitriles is 1. The molecule has 0 aliphatic rings. The minimum absolute atomic E-state index is 0.0496. The molecule has 0 amide bonds. The number of aromatic hydroxyl groups is 1. The molecular formula is C17H13NO4. The molecule has 2 aromatic rings. The lowest BCUT2D eigenvalue weighted by Gasteiger charge is -2.06. The van der Waals surface area contributed by atoms with Crippen LogP contribution in [0, 0.1) is 11.3 Å². The van der Waals surface area contributed by atoms with Crippen LogP contribution in [0.2, 0.25) is 0 Å². The van der Waals surface area contributed by atoms with Gasteiger partial charge in [-0.15, -0.1) is 0 Å². The predicted molar refractivity (Wildman–Crippen MR) is 78.9 cm³/mol. The average Bonchev–Trinajstić information content (AvgIpc) is 2.53. The summed E-state index contributed by atoms with van der Waals surface area (Å²) < 4.78 is 5.02. The lowest BCUT2D eigenvalue weighted by atomic mass is 10.0. The van der Waals surface area contributed by atoms with Gasteiger partial charge >= 0.3 is 0 Å². The lowest BCUT2D eigenvalue weighted by molar-refractivity contribution is 0.0893. The number of hydrogen-bond donors (Lipinski definition) is 1. The quantitative estimate of drug-likeness (QED) is 0.654. The van der Waals surface area contributed by atoms with Crippen LogP contribution in [0.4, 0.5) is 0 Å². The number of rotatable bonds is 6. The largest absolute Gasteiger partial charge is 0.507 e. The Morgan fingerprint density at radius 1 is 1.09 bits per heavy atom. The molecule has 0 bridgehead atoms. The van der Waals surface area contributed by atoms with Gasteiger partial charge in [0.05, 0.1) is 12.0 Å². The normalized spacial score (nSPS) is 9.77. The minimum atomic E-state index is -0.474. The molecule has 5 nitrogen and oxygen atoms in total. The third-order valence-electron chi connectivity index (χ3n) is 2.99.